The van der Waals surface area contributed by atoms with Crippen molar-refractivity contribution in [2.75, 3.05) is 0 Å². The van der Waals surface area contributed by atoms with Crippen LogP contribution in [0.5, 0.6) is 0 Å². The van der Waals surface area contributed by atoms with Gasteiger partial charge in [-0.05, 0) is 38.5 Å². The van der Waals surface area contributed by atoms with E-state index in [0.29, 0.717) is 12.2 Å². The monoisotopic (exact) mass is 180 g/mol. The number of carbonyl (C=O) groups excluding carboxylic acids is 1. The number of allylic oxidation sites excluding steroid dienone is 2. The molecule has 0 amide bonds. The summed E-state index contributed by atoms with van der Waals surface area (Å²) < 4.78 is 0. The van der Waals surface area contributed by atoms with Crippen molar-refractivity contribution in [1.29, 1.82) is 0 Å². The Balaban J connectivity index is 2.91. The van der Waals surface area contributed by atoms with Gasteiger partial charge in [0.2, 0.25) is 0 Å². The topological polar surface area (TPSA) is 17.1 Å². The predicted molar refractivity (Wildman–Crippen MR) is 55.6 cm³/mol. The maximum absolute atomic E-state index is 11.1. The Morgan fingerprint density at radius 1 is 1.46 bits per heavy atom. The van der Waals surface area contributed by atoms with Gasteiger partial charge in [0, 0.05) is 6.42 Å². The second-order valence-electron chi connectivity index (χ2n) is 4.88. The lowest BCUT2D eigenvalue weighted by Gasteiger charge is -2.34. The van der Waals surface area contributed by atoms with Crippen LogP contribution in [-0.2, 0) is 4.79 Å². The van der Waals surface area contributed by atoms with Crippen molar-refractivity contribution in [3.05, 3.63) is 11.1 Å². The third-order valence-electron chi connectivity index (χ3n) is 3.11. The van der Waals surface area contributed by atoms with Crippen molar-refractivity contribution >= 4 is 5.78 Å². The Morgan fingerprint density at radius 3 is 2.54 bits per heavy atom. The van der Waals surface area contributed by atoms with Gasteiger partial charge in [-0.3, -0.25) is 4.79 Å². The molecule has 13 heavy (non-hydrogen) atoms. The van der Waals surface area contributed by atoms with E-state index in [1.54, 1.807) is 6.92 Å². The minimum absolute atomic E-state index is 0.258. The van der Waals surface area contributed by atoms with Gasteiger partial charge in [0.05, 0.1) is 0 Å². The molecule has 1 aliphatic carbocycles. The van der Waals surface area contributed by atoms with E-state index in [4.69, 9.17) is 0 Å². The first kappa shape index (κ1) is 10.5. The molecule has 0 aromatic carbocycles. The van der Waals surface area contributed by atoms with E-state index < -0.39 is 0 Å². The van der Waals surface area contributed by atoms with Crippen LogP contribution in [0.25, 0.3) is 0 Å². The molecule has 1 rings (SSSR count). The van der Waals surface area contributed by atoms with E-state index in [1.807, 2.05) is 0 Å². The largest absolute Gasteiger partial charge is 0.300 e. The lowest BCUT2D eigenvalue weighted by molar-refractivity contribution is -0.116. The maximum atomic E-state index is 11.1. The molecular formula is C12H20O. The SMILES string of the molecule is CC(=O)CC1=C(C)CCCC1(C)C. The van der Waals surface area contributed by atoms with Gasteiger partial charge in [0.1, 0.15) is 5.78 Å². The summed E-state index contributed by atoms with van der Waals surface area (Å²) >= 11 is 0. The molecule has 0 aromatic rings. The predicted octanol–water partition coefficient (Wildman–Crippen LogP) is 3.49. The van der Waals surface area contributed by atoms with Gasteiger partial charge >= 0.3 is 0 Å². The number of Topliss-reactive ketones (excluding diaryl/α,β-unsaturated/α-hetero) is 1. The molecule has 1 aliphatic rings. The normalized spacial score (nSPS) is 21.8. The summed E-state index contributed by atoms with van der Waals surface area (Å²) in [5.74, 6) is 0.296. The zero-order valence-corrected chi connectivity index (χ0v) is 9.24. The van der Waals surface area contributed by atoms with Crippen molar-refractivity contribution in [1.82, 2.24) is 0 Å². The van der Waals surface area contributed by atoms with Gasteiger partial charge in [0.15, 0.2) is 0 Å². The first-order chi connectivity index (χ1) is 5.93. The van der Waals surface area contributed by atoms with Crippen molar-refractivity contribution in [2.24, 2.45) is 5.41 Å². The van der Waals surface area contributed by atoms with Crippen LogP contribution in [0.15, 0.2) is 11.1 Å². The van der Waals surface area contributed by atoms with Gasteiger partial charge in [0.25, 0.3) is 0 Å². The van der Waals surface area contributed by atoms with Crippen molar-refractivity contribution < 1.29 is 4.79 Å². The van der Waals surface area contributed by atoms with Gasteiger partial charge in [-0.2, -0.15) is 0 Å². The summed E-state index contributed by atoms with van der Waals surface area (Å²) in [6.45, 7) is 8.38. The standard InChI is InChI=1S/C12H20O/c1-9-6-5-7-12(3,4)11(9)8-10(2)13/h5-8H2,1-4H3. The number of hydrogen-bond donors (Lipinski definition) is 0. The lowest BCUT2D eigenvalue weighted by atomic mass is 9.71. The van der Waals surface area contributed by atoms with Crippen LogP contribution in [0, 0.1) is 5.41 Å². The Kier molecular flexibility index (Phi) is 2.94. The molecule has 0 spiro atoms. The van der Waals surface area contributed by atoms with Crippen molar-refractivity contribution in [3.63, 3.8) is 0 Å². The average Bonchev–Trinajstić information content (AvgIpc) is 1.96. The van der Waals surface area contributed by atoms with E-state index in [1.165, 1.54) is 30.4 Å². The summed E-state index contributed by atoms with van der Waals surface area (Å²) in [5.41, 5.74) is 3.10. The number of hydrogen-bond acceptors (Lipinski definition) is 1. The zero-order valence-electron chi connectivity index (χ0n) is 9.24. The molecule has 0 saturated heterocycles. The molecule has 0 radical (unpaired) electrons. The highest BCUT2D eigenvalue weighted by atomic mass is 16.1. The Bertz CT molecular complexity index is 246. The molecule has 1 heteroatoms. The first-order valence-electron chi connectivity index (χ1n) is 5.12. The second-order valence-corrected chi connectivity index (χ2v) is 4.88. The van der Waals surface area contributed by atoms with Gasteiger partial charge in [-0.1, -0.05) is 25.0 Å². The highest BCUT2D eigenvalue weighted by molar-refractivity contribution is 5.78. The Morgan fingerprint density at radius 2 is 2.08 bits per heavy atom. The second kappa shape index (κ2) is 3.65. The van der Waals surface area contributed by atoms with E-state index >= 15 is 0 Å². The Labute approximate surface area is 81.2 Å². The fourth-order valence-corrected chi connectivity index (χ4v) is 2.31. The molecule has 0 atom stereocenters. The van der Waals surface area contributed by atoms with Crippen LogP contribution in [0.3, 0.4) is 0 Å². The van der Waals surface area contributed by atoms with Crippen LogP contribution in [0.1, 0.15) is 53.4 Å². The number of rotatable bonds is 2. The van der Waals surface area contributed by atoms with Gasteiger partial charge in [-0.25, -0.2) is 0 Å². The molecule has 1 nitrogen and oxygen atoms in total. The molecule has 0 N–H and O–H groups in total. The minimum Gasteiger partial charge on any atom is -0.300 e. The highest BCUT2D eigenvalue weighted by Crippen LogP contribution is 2.41. The van der Waals surface area contributed by atoms with E-state index in [9.17, 15) is 4.79 Å². The minimum atomic E-state index is 0.258. The summed E-state index contributed by atoms with van der Waals surface area (Å²) in [6, 6.07) is 0. The van der Waals surface area contributed by atoms with E-state index in [-0.39, 0.29) is 5.41 Å². The molecule has 0 heterocycles. The van der Waals surface area contributed by atoms with Gasteiger partial charge < -0.3 is 0 Å². The van der Waals surface area contributed by atoms with E-state index in [2.05, 4.69) is 20.8 Å². The highest BCUT2D eigenvalue weighted by Gasteiger charge is 2.28. The van der Waals surface area contributed by atoms with Crippen molar-refractivity contribution in [2.45, 2.75) is 53.4 Å². The van der Waals surface area contributed by atoms with Crippen molar-refractivity contribution in [3.8, 4) is 0 Å². The summed E-state index contributed by atoms with van der Waals surface area (Å²) in [7, 11) is 0. The molecule has 74 valence electrons. The smallest absolute Gasteiger partial charge is 0.133 e. The third kappa shape index (κ3) is 2.43. The number of ketones is 1. The first-order valence-corrected chi connectivity index (χ1v) is 5.12. The number of carbonyl (C=O) groups is 1. The van der Waals surface area contributed by atoms with E-state index in [0.717, 1.165) is 0 Å². The fraction of sp³-hybridized carbons (Fsp3) is 0.750. The zero-order chi connectivity index (χ0) is 10.1. The third-order valence-corrected chi connectivity index (χ3v) is 3.11. The van der Waals surface area contributed by atoms with Crippen LogP contribution in [0.4, 0.5) is 0 Å². The molecule has 0 aromatic heterocycles. The molecule has 0 fully saturated rings. The maximum Gasteiger partial charge on any atom is 0.133 e. The molecular weight excluding hydrogens is 160 g/mol. The molecule has 0 bridgehead atoms. The lowest BCUT2D eigenvalue weighted by Crippen LogP contribution is -2.21. The summed E-state index contributed by atoms with van der Waals surface area (Å²) in [5, 5.41) is 0. The Hall–Kier alpha value is -0.590. The fourth-order valence-electron chi connectivity index (χ4n) is 2.31. The average molecular weight is 180 g/mol. The summed E-state index contributed by atoms with van der Waals surface area (Å²) in [4.78, 5) is 11.1. The van der Waals surface area contributed by atoms with Crippen LogP contribution < -0.4 is 0 Å². The van der Waals surface area contributed by atoms with Crippen LogP contribution >= 0.6 is 0 Å². The molecule has 0 unspecified atom stereocenters. The quantitative estimate of drug-likeness (QED) is 0.594. The molecule has 0 saturated carbocycles. The summed E-state index contributed by atoms with van der Waals surface area (Å²) in [6.07, 6.45) is 4.36. The van der Waals surface area contributed by atoms with Gasteiger partial charge in [-0.15, -0.1) is 0 Å². The van der Waals surface area contributed by atoms with Crippen LogP contribution in [0.2, 0.25) is 0 Å². The molecule has 0 aliphatic heterocycles. The van der Waals surface area contributed by atoms with Crippen LogP contribution in [-0.4, -0.2) is 5.78 Å².